The number of hydrogen-bond acceptors (Lipinski definition) is 15. The van der Waals surface area contributed by atoms with Crippen LogP contribution in [-0.4, -0.2) is 96.7 Å². The Morgan fingerprint density at radius 1 is 0.281 bits per heavy atom. The predicted molar refractivity (Wildman–Crippen MR) is 391 cm³/mol. The molecule has 0 spiro atoms. The van der Waals surface area contributed by atoms with Gasteiger partial charge in [-0.25, -0.2) is 9.13 Å². The Labute approximate surface area is 588 Å². The van der Waals surface area contributed by atoms with Gasteiger partial charge in [-0.3, -0.25) is 37.3 Å². The minimum atomic E-state index is -4.96. The maximum absolute atomic E-state index is 13.1. The number of carbonyl (C=O) groups is 4. The monoisotopic (exact) mass is 1410 g/mol. The summed E-state index contributed by atoms with van der Waals surface area (Å²) in [6, 6.07) is 0. The summed E-state index contributed by atoms with van der Waals surface area (Å²) in [5.41, 5.74) is 0. The van der Waals surface area contributed by atoms with Gasteiger partial charge >= 0.3 is 39.5 Å². The van der Waals surface area contributed by atoms with Gasteiger partial charge in [-0.15, -0.1) is 0 Å². The summed E-state index contributed by atoms with van der Waals surface area (Å²) in [5, 5.41) is 10.6. The molecular formula is C77H150O17P2. The van der Waals surface area contributed by atoms with Gasteiger partial charge < -0.3 is 33.8 Å². The van der Waals surface area contributed by atoms with Crippen LogP contribution in [0.4, 0.5) is 0 Å². The van der Waals surface area contributed by atoms with Crippen molar-refractivity contribution in [3.05, 3.63) is 0 Å². The van der Waals surface area contributed by atoms with E-state index >= 15 is 0 Å². The number of aliphatic hydroxyl groups excluding tert-OH is 1. The lowest BCUT2D eigenvalue weighted by Gasteiger charge is -2.21. The normalized spacial score (nSPS) is 13.9. The molecule has 3 N–H and O–H groups in total. The molecule has 0 aliphatic heterocycles. The van der Waals surface area contributed by atoms with Gasteiger partial charge in [0.1, 0.15) is 19.3 Å². The van der Waals surface area contributed by atoms with Gasteiger partial charge in [-0.05, 0) is 31.6 Å². The summed E-state index contributed by atoms with van der Waals surface area (Å²) in [4.78, 5) is 72.7. The molecule has 2 unspecified atom stereocenters. The lowest BCUT2D eigenvalue weighted by Crippen LogP contribution is -2.30. The molecule has 0 bridgehead atoms. The fourth-order valence-electron chi connectivity index (χ4n) is 11.9. The third-order valence-corrected chi connectivity index (χ3v) is 19.9. The predicted octanol–water partition coefficient (Wildman–Crippen LogP) is 22.9. The molecule has 0 heterocycles. The first kappa shape index (κ1) is 94.1. The fraction of sp³-hybridized carbons (Fsp3) is 0.948. The van der Waals surface area contributed by atoms with Crippen molar-refractivity contribution in [1.29, 1.82) is 0 Å². The van der Waals surface area contributed by atoms with Crippen LogP contribution in [0.5, 0.6) is 0 Å². The van der Waals surface area contributed by atoms with E-state index in [9.17, 15) is 43.2 Å². The number of aliphatic hydroxyl groups is 1. The molecule has 570 valence electrons. The Bertz CT molecular complexity index is 1840. The summed E-state index contributed by atoms with van der Waals surface area (Å²) >= 11 is 0. The maximum atomic E-state index is 13.1. The van der Waals surface area contributed by atoms with Gasteiger partial charge in [0.15, 0.2) is 12.2 Å². The first-order chi connectivity index (χ1) is 46.5. The molecule has 0 radical (unpaired) electrons. The Kier molecular flexibility index (Phi) is 68.7. The van der Waals surface area contributed by atoms with Crippen LogP contribution in [0, 0.1) is 5.92 Å². The smallest absolute Gasteiger partial charge is 0.462 e. The van der Waals surface area contributed by atoms with E-state index in [-0.39, 0.29) is 25.7 Å². The van der Waals surface area contributed by atoms with Crippen molar-refractivity contribution in [2.45, 2.75) is 425 Å². The minimum absolute atomic E-state index is 0.104. The van der Waals surface area contributed by atoms with Crippen molar-refractivity contribution in [1.82, 2.24) is 0 Å². The van der Waals surface area contributed by atoms with Gasteiger partial charge in [0.25, 0.3) is 0 Å². The van der Waals surface area contributed by atoms with Crippen LogP contribution >= 0.6 is 15.6 Å². The van der Waals surface area contributed by atoms with E-state index in [1.165, 1.54) is 231 Å². The molecule has 0 saturated heterocycles. The zero-order valence-corrected chi connectivity index (χ0v) is 64.3. The molecule has 0 rings (SSSR count). The molecule has 0 aliphatic rings. The number of esters is 4. The maximum Gasteiger partial charge on any atom is 0.472 e. The average molecular weight is 1410 g/mol. The minimum Gasteiger partial charge on any atom is -0.462 e. The van der Waals surface area contributed by atoms with Crippen molar-refractivity contribution in [2.24, 2.45) is 5.92 Å². The second-order valence-electron chi connectivity index (χ2n) is 28.2. The van der Waals surface area contributed by atoms with Crippen molar-refractivity contribution >= 4 is 39.5 Å². The number of carbonyl (C=O) groups excluding carboxylic acids is 4. The highest BCUT2D eigenvalue weighted by Crippen LogP contribution is 2.45. The average Bonchev–Trinajstić information content (AvgIpc) is 2.96. The lowest BCUT2D eigenvalue weighted by atomic mass is 10.0. The Balaban J connectivity index is 5.18. The van der Waals surface area contributed by atoms with Gasteiger partial charge in [-0.1, -0.05) is 356 Å². The molecule has 0 aromatic heterocycles. The molecule has 0 fully saturated rings. The van der Waals surface area contributed by atoms with Crippen LogP contribution < -0.4 is 0 Å². The second-order valence-corrected chi connectivity index (χ2v) is 31.1. The highest BCUT2D eigenvalue weighted by atomic mass is 31.2. The summed E-state index contributed by atoms with van der Waals surface area (Å²) in [5.74, 6) is -1.42. The number of rotatable bonds is 77. The van der Waals surface area contributed by atoms with Crippen molar-refractivity contribution in [2.75, 3.05) is 39.6 Å². The van der Waals surface area contributed by atoms with Crippen LogP contribution in [0.3, 0.4) is 0 Å². The lowest BCUT2D eigenvalue weighted by molar-refractivity contribution is -0.161. The third kappa shape index (κ3) is 70.5. The zero-order chi connectivity index (χ0) is 70.5. The van der Waals surface area contributed by atoms with Crippen LogP contribution in [0.15, 0.2) is 0 Å². The Morgan fingerprint density at radius 3 is 0.708 bits per heavy atom. The molecule has 0 saturated carbocycles. The summed E-state index contributed by atoms with van der Waals surface area (Å²) in [7, 11) is -9.91. The Hall–Kier alpha value is -1.94. The van der Waals surface area contributed by atoms with Crippen LogP contribution in [0.25, 0.3) is 0 Å². The zero-order valence-electron chi connectivity index (χ0n) is 62.5. The fourth-order valence-corrected chi connectivity index (χ4v) is 13.5. The van der Waals surface area contributed by atoms with E-state index in [2.05, 4.69) is 34.6 Å². The number of hydrogen-bond donors (Lipinski definition) is 3. The third-order valence-electron chi connectivity index (χ3n) is 18.0. The number of unbranched alkanes of at least 4 members (excludes halogenated alkanes) is 49. The number of phosphoric ester groups is 2. The van der Waals surface area contributed by atoms with E-state index in [0.29, 0.717) is 31.6 Å². The van der Waals surface area contributed by atoms with Crippen LogP contribution in [0.2, 0.25) is 0 Å². The summed E-state index contributed by atoms with van der Waals surface area (Å²) in [6.07, 6.45) is 59.9. The van der Waals surface area contributed by atoms with Gasteiger partial charge in [-0.2, -0.15) is 0 Å². The highest BCUT2D eigenvalue weighted by Gasteiger charge is 2.30. The van der Waals surface area contributed by atoms with E-state index in [4.69, 9.17) is 37.0 Å². The van der Waals surface area contributed by atoms with Crippen LogP contribution in [-0.2, 0) is 65.4 Å². The van der Waals surface area contributed by atoms with Crippen molar-refractivity contribution in [3.63, 3.8) is 0 Å². The molecule has 0 aromatic rings. The number of ether oxygens (including phenoxy) is 4. The molecule has 5 atom stereocenters. The van der Waals surface area contributed by atoms with Crippen molar-refractivity contribution < 1.29 is 80.2 Å². The topological polar surface area (TPSA) is 237 Å². The highest BCUT2D eigenvalue weighted by molar-refractivity contribution is 7.47. The van der Waals surface area contributed by atoms with Gasteiger partial charge in [0.05, 0.1) is 26.4 Å². The van der Waals surface area contributed by atoms with E-state index in [1.54, 1.807) is 0 Å². The first-order valence-corrected chi connectivity index (χ1v) is 43.1. The summed E-state index contributed by atoms with van der Waals surface area (Å²) in [6.45, 7) is 7.21. The van der Waals surface area contributed by atoms with Gasteiger partial charge in [0.2, 0.25) is 0 Å². The van der Waals surface area contributed by atoms with E-state index in [0.717, 1.165) is 89.9 Å². The molecule has 0 aromatic carbocycles. The largest absolute Gasteiger partial charge is 0.472 e. The molecular weight excluding hydrogens is 1260 g/mol. The number of phosphoric acid groups is 2. The first-order valence-electron chi connectivity index (χ1n) is 40.1. The van der Waals surface area contributed by atoms with Crippen molar-refractivity contribution in [3.8, 4) is 0 Å². The Morgan fingerprint density at radius 2 is 0.479 bits per heavy atom. The van der Waals surface area contributed by atoms with E-state index in [1.807, 2.05) is 0 Å². The van der Waals surface area contributed by atoms with E-state index < -0.39 is 97.5 Å². The standard InChI is InChI=1S/C77H150O17P2/c1-6-9-12-15-18-21-23-25-27-29-30-31-32-33-35-37-39-42-47-52-57-62-76(81)93-72(66-88-75(80)61-56-51-46-41-38-36-34-28-26-24-22-19-16-13-10-7-2)68-91-95(83,84)89-64-71(78)65-90-96(85,86)92-69-73(67-87-74(79)60-55-50-45-40-20-17-14-11-8-3)94-77(82)63-58-53-48-43-44-49-54-59-70(4)5/h70-73,78H,6-69H2,1-5H3,(H,83,84)(H,85,86)/t71-,72-,73-/m1/s1. The molecule has 0 aliphatic carbocycles. The molecule has 96 heavy (non-hydrogen) atoms. The second kappa shape index (κ2) is 70.1. The molecule has 17 nitrogen and oxygen atoms in total. The molecule has 0 amide bonds. The summed E-state index contributed by atoms with van der Waals surface area (Å²) < 4.78 is 68.5. The SMILES string of the molecule is CCCCCCCCCCCCCCCCCCCCCCCC(=O)O[C@H](COC(=O)CCCCCCCCCCCCCCCCCC)COP(=O)(O)OC[C@@H](O)COP(=O)(O)OC[C@@H](COC(=O)CCCCCCCCCCC)OC(=O)CCCCCCCCCC(C)C. The quantitative estimate of drug-likeness (QED) is 0.0222. The van der Waals surface area contributed by atoms with Crippen LogP contribution in [0.1, 0.15) is 407 Å². The molecule has 19 heteroatoms. The van der Waals surface area contributed by atoms with Gasteiger partial charge in [0, 0.05) is 25.7 Å².